The molecule has 0 aliphatic rings. The predicted molar refractivity (Wildman–Crippen MR) is 134 cm³/mol. The van der Waals surface area contributed by atoms with E-state index in [9.17, 15) is 4.79 Å². The minimum atomic E-state index is -0.474. The van der Waals surface area contributed by atoms with Gasteiger partial charge in [-0.15, -0.1) is 0 Å². The molecule has 9 nitrogen and oxygen atoms in total. The highest BCUT2D eigenvalue weighted by Crippen LogP contribution is 2.28. The van der Waals surface area contributed by atoms with Gasteiger partial charge < -0.3 is 19.1 Å². The van der Waals surface area contributed by atoms with Gasteiger partial charge in [-0.2, -0.15) is 9.97 Å². The van der Waals surface area contributed by atoms with Crippen LogP contribution in [0.2, 0.25) is 0 Å². The third kappa shape index (κ3) is 6.06. The Hall–Kier alpha value is -4.14. The van der Waals surface area contributed by atoms with Crippen LogP contribution in [-0.2, 0) is 13.1 Å². The summed E-state index contributed by atoms with van der Waals surface area (Å²) in [5, 5.41) is 0.634. The third-order valence-corrected chi connectivity index (χ3v) is 5.53. The van der Waals surface area contributed by atoms with Crippen molar-refractivity contribution in [3.8, 4) is 17.5 Å². The van der Waals surface area contributed by atoms with Crippen molar-refractivity contribution < 1.29 is 14.2 Å². The largest absolute Gasteiger partial charge is 0.497 e. The molecule has 35 heavy (non-hydrogen) atoms. The van der Waals surface area contributed by atoms with Gasteiger partial charge in [-0.25, -0.2) is 9.78 Å². The molecule has 0 spiro atoms. The number of benzene rings is 2. The summed E-state index contributed by atoms with van der Waals surface area (Å²) in [6.07, 6.45) is 3.38. The van der Waals surface area contributed by atoms with Crippen LogP contribution < -0.4 is 24.8 Å². The molecule has 0 radical (unpaired) electrons. The Kier molecular flexibility index (Phi) is 7.77. The first kappa shape index (κ1) is 24.0. The number of methoxy groups -OCH3 is 2. The van der Waals surface area contributed by atoms with Crippen molar-refractivity contribution in [2.75, 3.05) is 25.7 Å². The van der Waals surface area contributed by atoms with E-state index in [1.54, 1.807) is 14.2 Å². The van der Waals surface area contributed by atoms with Gasteiger partial charge in [0.2, 0.25) is 0 Å². The van der Waals surface area contributed by atoms with Gasteiger partial charge in [0.25, 0.3) is 0 Å². The Balaban J connectivity index is 1.77. The number of H-pyrrole nitrogens is 1. The molecule has 182 valence electrons. The van der Waals surface area contributed by atoms with Gasteiger partial charge in [0, 0.05) is 19.3 Å². The van der Waals surface area contributed by atoms with E-state index < -0.39 is 5.69 Å². The maximum absolute atomic E-state index is 11.9. The van der Waals surface area contributed by atoms with Crippen molar-refractivity contribution in [1.29, 1.82) is 0 Å². The number of fused-ring (bicyclic) bond motifs is 1. The van der Waals surface area contributed by atoms with E-state index in [0.717, 1.165) is 35.5 Å². The second kappa shape index (κ2) is 11.3. The Morgan fingerprint density at radius 2 is 1.49 bits per heavy atom. The lowest BCUT2D eigenvalue weighted by Crippen LogP contribution is -2.24. The first-order valence-corrected chi connectivity index (χ1v) is 11.5. The van der Waals surface area contributed by atoms with Crippen LogP contribution in [0.1, 0.15) is 30.9 Å². The fraction of sp³-hybridized carbons (Fsp3) is 0.308. The number of aromatic nitrogens is 4. The molecular formula is C26H29N5O4. The summed E-state index contributed by atoms with van der Waals surface area (Å²) in [5.74, 6) is 2.20. The highest BCUT2D eigenvalue weighted by Gasteiger charge is 2.18. The third-order valence-electron chi connectivity index (χ3n) is 5.53. The topological polar surface area (TPSA) is 102 Å². The summed E-state index contributed by atoms with van der Waals surface area (Å²) in [5.41, 5.74) is 2.04. The SMILES string of the molecule is CCCCOc1nc(N(Cc2ccc(OC)cc2)Cc2ccc(OC)cc2)c2cnc(=O)[nH]c2n1. The smallest absolute Gasteiger partial charge is 0.346 e. The number of nitrogens with zero attached hydrogens (tertiary/aromatic N) is 4. The lowest BCUT2D eigenvalue weighted by molar-refractivity contribution is 0.286. The van der Waals surface area contributed by atoms with Gasteiger partial charge in [-0.05, 0) is 41.8 Å². The summed E-state index contributed by atoms with van der Waals surface area (Å²) >= 11 is 0. The summed E-state index contributed by atoms with van der Waals surface area (Å²) in [4.78, 5) is 29.9. The molecule has 0 atom stereocenters. The van der Waals surface area contributed by atoms with Gasteiger partial charge in [-0.1, -0.05) is 37.6 Å². The maximum atomic E-state index is 11.9. The summed E-state index contributed by atoms with van der Waals surface area (Å²) < 4.78 is 16.4. The van der Waals surface area contributed by atoms with Gasteiger partial charge in [0.05, 0.1) is 26.2 Å². The van der Waals surface area contributed by atoms with Crippen molar-refractivity contribution in [2.24, 2.45) is 0 Å². The number of nitrogens with one attached hydrogen (secondary N) is 1. The normalized spacial score (nSPS) is 10.8. The number of anilines is 1. The van der Waals surface area contributed by atoms with Crippen LogP contribution in [0.15, 0.2) is 59.5 Å². The number of ether oxygens (including phenoxy) is 3. The van der Waals surface area contributed by atoms with Gasteiger partial charge >= 0.3 is 11.7 Å². The molecule has 2 aromatic heterocycles. The Bertz CT molecular complexity index is 1260. The molecule has 0 saturated heterocycles. The van der Waals surface area contributed by atoms with E-state index >= 15 is 0 Å². The lowest BCUT2D eigenvalue weighted by atomic mass is 10.1. The highest BCUT2D eigenvalue weighted by atomic mass is 16.5. The molecule has 4 aromatic rings. The molecule has 0 bridgehead atoms. The van der Waals surface area contributed by atoms with E-state index in [1.807, 2.05) is 48.5 Å². The van der Waals surface area contributed by atoms with Gasteiger partial charge in [-0.3, -0.25) is 4.98 Å². The van der Waals surface area contributed by atoms with E-state index in [-0.39, 0.29) is 6.01 Å². The average Bonchev–Trinajstić information content (AvgIpc) is 2.88. The number of aromatic amines is 1. The molecule has 2 aromatic carbocycles. The van der Waals surface area contributed by atoms with Crippen LogP contribution >= 0.6 is 0 Å². The van der Waals surface area contributed by atoms with Crippen molar-refractivity contribution >= 4 is 16.9 Å². The molecule has 0 aliphatic carbocycles. The summed E-state index contributed by atoms with van der Waals surface area (Å²) in [7, 11) is 3.29. The molecule has 1 N–H and O–H groups in total. The zero-order valence-electron chi connectivity index (χ0n) is 20.2. The van der Waals surface area contributed by atoms with Crippen LogP contribution in [0.3, 0.4) is 0 Å². The van der Waals surface area contributed by atoms with Crippen molar-refractivity contribution in [1.82, 2.24) is 19.9 Å². The average molecular weight is 476 g/mol. The molecule has 0 amide bonds. The first-order valence-electron chi connectivity index (χ1n) is 11.5. The van der Waals surface area contributed by atoms with E-state index in [1.165, 1.54) is 6.20 Å². The Morgan fingerprint density at radius 3 is 2.03 bits per heavy atom. The Labute approximate surface area is 203 Å². The molecule has 0 aliphatic heterocycles. The molecule has 4 rings (SSSR count). The zero-order chi connectivity index (χ0) is 24.6. The number of unbranched alkanes of at least 4 members (excludes halogenated alkanes) is 1. The standard InChI is InChI=1S/C26H29N5O4/c1-4-5-14-35-26-29-23-22(15-27-25(32)28-23)24(30-26)31(16-18-6-10-20(33-2)11-7-18)17-19-8-12-21(34-3)13-9-19/h6-13,15H,4-5,14,16-17H2,1-3H3,(H,27,28,29,30,32). The molecular weight excluding hydrogens is 446 g/mol. The molecule has 0 saturated carbocycles. The second-order valence-corrected chi connectivity index (χ2v) is 8.03. The summed E-state index contributed by atoms with van der Waals surface area (Å²) in [6.45, 7) is 3.68. The molecule has 0 fully saturated rings. The van der Waals surface area contributed by atoms with E-state index in [2.05, 4.69) is 26.8 Å². The number of hydrogen-bond acceptors (Lipinski definition) is 8. The molecule has 9 heteroatoms. The predicted octanol–water partition coefficient (Wildman–Crippen LogP) is 4.12. The monoisotopic (exact) mass is 475 g/mol. The van der Waals surface area contributed by atoms with Crippen LogP contribution in [0, 0.1) is 0 Å². The van der Waals surface area contributed by atoms with Crippen LogP contribution in [0.25, 0.3) is 11.0 Å². The van der Waals surface area contributed by atoms with Crippen molar-refractivity contribution in [3.05, 3.63) is 76.3 Å². The van der Waals surface area contributed by atoms with Crippen LogP contribution in [-0.4, -0.2) is 40.8 Å². The second-order valence-electron chi connectivity index (χ2n) is 8.03. The minimum Gasteiger partial charge on any atom is -0.497 e. The molecule has 0 unspecified atom stereocenters. The minimum absolute atomic E-state index is 0.220. The zero-order valence-corrected chi connectivity index (χ0v) is 20.2. The number of hydrogen-bond donors (Lipinski definition) is 1. The highest BCUT2D eigenvalue weighted by molar-refractivity contribution is 5.86. The van der Waals surface area contributed by atoms with Gasteiger partial charge in [0.15, 0.2) is 5.65 Å². The quantitative estimate of drug-likeness (QED) is 0.323. The van der Waals surface area contributed by atoms with Crippen LogP contribution in [0.4, 0.5) is 5.82 Å². The van der Waals surface area contributed by atoms with Crippen molar-refractivity contribution in [3.63, 3.8) is 0 Å². The fourth-order valence-corrected chi connectivity index (χ4v) is 3.63. The number of rotatable bonds is 11. The first-order chi connectivity index (χ1) is 17.1. The molecule has 2 heterocycles. The van der Waals surface area contributed by atoms with Crippen LogP contribution in [0.5, 0.6) is 17.5 Å². The lowest BCUT2D eigenvalue weighted by Gasteiger charge is -2.25. The summed E-state index contributed by atoms with van der Waals surface area (Å²) in [6, 6.07) is 16.0. The van der Waals surface area contributed by atoms with E-state index in [0.29, 0.717) is 36.5 Å². The fourth-order valence-electron chi connectivity index (χ4n) is 3.63. The van der Waals surface area contributed by atoms with E-state index in [4.69, 9.17) is 19.2 Å². The van der Waals surface area contributed by atoms with Gasteiger partial charge in [0.1, 0.15) is 17.3 Å². The van der Waals surface area contributed by atoms with Crippen molar-refractivity contribution in [2.45, 2.75) is 32.9 Å². The Morgan fingerprint density at radius 1 is 0.886 bits per heavy atom. The maximum Gasteiger partial charge on any atom is 0.346 e.